The Hall–Kier alpha value is -2.02. The maximum Gasteiger partial charge on any atom is 0.258 e. The maximum absolute atomic E-state index is 12.1. The highest BCUT2D eigenvalue weighted by molar-refractivity contribution is 5.85. The molecular weight excluding hydrogens is 401 g/mol. The first kappa shape index (κ1) is 22.3. The van der Waals surface area contributed by atoms with Crippen molar-refractivity contribution in [2.45, 2.75) is 43.8 Å². The number of hydrogen-bond donors (Lipinski definition) is 2. The summed E-state index contributed by atoms with van der Waals surface area (Å²) in [7, 11) is 0. The number of pyridine rings is 1. The Balaban J connectivity index is 0.00000140. The van der Waals surface area contributed by atoms with Gasteiger partial charge in [-0.25, -0.2) is 4.98 Å². The summed E-state index contributed by atoms with van der Waals surface area (Å²) in [5.74, 6) is 1.78. The van der Waals surface area contributed by atoms with Crippen molar-refractivity contribution in [3.63, 3.8) is 0 Å². The van der Waals surface area contributed by atoms with E-state index in [1.54, 1.807) is 36.5 Å². The van der Waals surface area contributed by atoms with Gasteiger partial charge in [-0.15, -0.1) is 24.8 Å². The second kappa shape index (κ2) is 10.5. The first-order valence-electron chi connectivity index (χ1n) is 9.12. The Labute approximate surface area is 177 Å². The molecule has 28 heavy (non-hydrogen) atoms. The van der Waals surface area contributed by atoms with Gasteiger partial charge in [0.1, 0.15) is 11.5 Å². The van der Waals surface area contributed by atoms with Gasteiger partial charge in [-0.05, 0) is 56.0 Å². The zero-order chi connectivity index (χ0) is 17.8. The van der Waals surface area contributed by atoms with Crippen LogP contribution in [0.2, 0.25) is 0 Å². The van der Waals surface area contributed by atoms with Gasteiger partial charge in [-0.1, -0.05) is 6.07 Å². The van der Waals surface area contributed by atoms with Crippen molar-refractivity contribution in [1.29, 1.82) is 0 Å². The van der Waals surface area contributed by atoms with E-state index in [0.29, 0.717) is 29.5 Å². The van der Waals surface area contributed by atoms with Crippen LogP contribution in [0.1, 0.15) is 25.7 Å². The van der Waals surface area contributed by atoms with Crippen molar-refractivity contribution in [3.05, 3.63) is 48.7 Å². The summed E-state index contributed by atoms with van der Waals surface area (Å²) in [5.41, 5.74) is 0. The summed E-state index contributed by atoms with van der Waals surface area (Å²) in [6.07, 6.45) is 6.16. The van der Waals surface area contributed by atoms with Crippen molar-refractivity contribution in [2.24, 2.45) is 0 Å². The van der Waals surface area contributed by atoms with Crippen LogP contribution in [0.4, 0.5) is 0 Å². The number of halogens is 2. The van der Waals surface area contributed by atoms with Crippen LogP contribution in [0.15, 0.2) is 48.7 Å². The van der Waals surface area contributed by atoms with Gasteiger partial charge in [0.05, 0.1) is 0 Å². The fourth-order valence-corrected chi connectivity index (χ4v) is 3.73. The molecule has 0 saturated carbocycles. The SMILES string of the molecule is Cl.Cl.O=C(COc1ccc(Oc2ccccn2)cc1)NC1CC2CCC(C1)N2. The van der Waals surface area contributed by atoms with Crippen LogP contribution < -0.4 is 20.1 Å². The zero-order valence-electron chi connectivity index (χ0n) is 15.4. The van der Waals surface area contributed by atoms with Gasteiger partial charge in [-0.2, -0.15) is 0 Å². The van der Waals surface area contributed by atoms with Crippen LogP contribution in [-0.4, -0.2) is 35.6 Å². The predicted molar refractivity (Wildman–Crippen MR) is 112 cm³/mol. The topological polar surface area (TPSA) is 72.5 Å². The Morgan fingerprint density at radius 2 is 1.71 bits per heavy atom. The molecule has 2 fully saturated rings. The molecule has 6 nitrogen and oxygen atoms in total. The number of carbonyl (C=O) groups excluding carboxylic acids is 1. The van der Waals surface area contributed by atoms with Gasteiger partial charge in [0.2, 0.25) is 5.88 Å². The zero-order valence-corrected chi connectivity index (χ0v) is 17.0. The normalized spacial score (nSPS) is 22.4. The molecular formula is C20H25Cl2N3O3. The lowest BCUT2D eigenvalue weighted by atomic mass is 10.00. The number of amides is 1. The molecule has 2 N–H and O–H groups in total. The van der Waals surface area contributed by atoms with Crippen molar-refractivity contribution in [1.82, 2.24) is 15.6 Å². The Kier molecular flexibility index (Phi) is 8.35. The molecule has 2 bridgehead atoms. The molecule has 1 aromatic heterocycles. The summed E-state index contributed by atoms with van der Waals surface area (Å²) < 4.78 is 11.2. The van der Waals surface area contributed by atoms with E-state index in [9.17, 15) is 4.79 Å². The fraction of sp³-hybridized carbons (Fsp3) is 0.400. The molecule has 152 valence electrons. The molecule has 2 aliphatic rings. The smallest absolute Gasteiger partial charge is 0.258 e. The van der Waals surface area contributed by atoms with E-state index < -0.39 is 0 Å². The molecule has 1 aromatic carbocycles. The highest BCUT2D eigenvalue weighted by Crippen LogP contribution is 2.27. The number of ether oxygens (including phenoxy) is 2. The highest BCUT2D eigenvalue weighted by atomic mass is 35.5. The molecule has 2 atom stereocenters. The third-order valence-corrected chi connectivity index (χ3v) is 4.89. The first-order valence-corrected chi connectivity index (χ1v) is 9.12. The Bertz CT molecular complexity index is 734. The van der Waals surface area contributed by atoms with E-state index in [2.05, 4.69) is 15.6 Å². The maximum atomic E-state index is 12.1. The monoisotopic (exact) mass is 425 g/mol. The predicted octanol–water partition coefficient (Wildman–Crippen LogP) is 3.50. The summed E-state index contributed by atoms with van der Waals surface area (Å²) in [6, 6.07) is 14.1. The number of aromatic nitrogens is 1. The van der Waals surface area contributed by atoms with Gasteiger partial charge < -0.3 is 20.1 Å². The van der Waals surface area contributed by atoms with Gasteiger partial charge in [0, 0.05) is 30.4 Å². The molecule has 2 saturated heterocycles. The summed E-state index contributed by atoms with van der Waals surface area (Å²) in [5, 5.41) is 6.67. The van der Waals surface area contributed by atoms with E-state index >= 15 is 0 Å². The number of benzene rings is 1. The van der Waals surface area contributed by atoms with Crippen LogP contribution in [0.5, 0.6) is 17.4 Å². The van der Waals surface area contributed by atoms with Gasteiger partial charge in [-0.3, -0.25) is 4.79 Å². The van der Waals surface area contributed by atoms with Crippen LogP contribution in [0.25, 0.3) is 0 Å². The summed E-state index contributed by atoms with van der Waals surface area (Å²) >= 11 is 0. The van der Waals surface area contributed by atoms with Gasteiger partial charge in [0.15, 0.2) is 6.61 Å². The lowest BCUT2D eigenvalue weighted by molar-refractivity contribution is -0.124. The number of fused-ring (bicyclic) bond motifs is 2. The minimum absolute atomic E-state index is 0. The molecule has 2 unspecified atom stereocenters. The highest BCUT2D eigenvalue weighted by Gasteiger charge is 2.33. The largest absolute Gasteiger partial charge is 0.484 e. The van der Waals surface area contributed by atoms with E-state index in [1.165, 1.54) is 12.8 Å². The van der Waals surface area contributed by atoms with E-state index in [0.717, 1.165) is 12.8 Å². The minimum atomic E-state index is -0.0647. The summed E-state index contributed by atoms with van der Waals surface area (Å²) in [6.45, 7) is 0.0275. The minimum Gasteiger partial charge on any atom is -0.484 e. The number of nitrogens with zero attached hydrogens (tertiary/aromatic N) is 1. The molecule has 0 spiro atoms. The lowest BCUT2D eigenvalue weighted by Gasteiger charge is -2.29. The van der Waals surface area contributed by atoms with Crippen LogP contribution in [0, 0.1) is 0 Å². The van der Waals surface area contributed by atoms with E-state index in [4.69, 9.17) is 9.47 Å². The molecule has 4 rings (SSSR count). The van der Waals surface area contributed by atoms with Gasteiger partial charge >= 0.3 is 0 Å². The van der Waals surface area contributed by atoms with Crippen molar-refractivity contribution in [3.8, 4) is 17.4 Å². The number of nitrogens with one attached hydrogen (secondary N) is 2. The average Bonchev–Trinajstić information content (AvgIpc) is 3.00. The number of hydrogen-bond acceptors (Lipinski definition) is 5. The number of piperidine rings is 1. The van der Waals surface area contributed by atoms with Crippen molar-refractivity contribution < 1.29 is 14.3 Å². The second-order valence-electron chi connectivity index (χ2n) is 6.90. The van der Waals surface area contributed by atoms with Crippen molar-refractivity contribution >= 4 is 30.7 Å². The molecule has 0 radical (unpaired) electrons. The lowest BCUT2D eigenvalue weighted by Crippen LogP contribution is -2.48. The van der Waals surface area contributed by atoms with Crippen LogP contribution in [-0.2, 0) is 4.79 Å². The van der Waals surface area contributed by atoms with Crippen molar-refractivity contribution in [2.75, 3.05) is 6.61 Å². The van der Waals surface area contributed by atoms with E-state index in [1.807, 2.05) is 12.1 Å². The quantitative estimate of drug-likeness (QED) is 0.740. The third-order valence-electron chi connectivity index (χ3n) is 4.89. The molecule has 8 heteroatoms. The Morgan fingerprint density at radius 1 is 1.04 bits per heavy atom. The molecule has 0 aliphatic carbocycles. The molecule has 3 heterocycles. The summed E-state index contributed by atoms with van der Waals surface area (Å²) in [4.78, 5) is 16.3. The fourth-order valence-electron chi connectivity index (χ4n) is 3.73. The van der Waals surface area contributed by atoms with Gasteiger partial charge in [0.25, 0.3) is 5.91 Å². The second-order valence-corrected chi connectivity index (χ2v) is 6.90. The first-order chi connectivity index (χ1) is 12.7. The molecule has 2 aliphatic heterocycles. The van der Waals surface area contributed by atoms with E-state index in [-0.39, 0.29) is 43.4 Å². The van der Waals surface area contributed by atoms with Crippen LogP contribution >= 0.6 is 24.8 Å². The Morgan fingerprint density at radius 3 is 2.36 bits per heavy atom. The molecule has 2 aromatic rings. The standard InChI is InChI=1S/C20H23N3O3.2ClH/c24-19(23-16-11-14-4-5-15(12-16)22-14)13-25-17-6-8-18(9-7-17)26-20-3-1-2-10-21-20;;/h1-3,6-10,14-16,22H,4-5,11-13H2,(H,23,24);2*1H. The number of rotatable bonds is 6. The average molecular weight is 426 g/mol. The molecule has 1 amide bonds. The van der Waals surface area contributed by atoms with Crippen LogP contribution in [0.3, 0.4) is 0 Å². The number of carbonyl (C=O) groups is 1. The third kappa shape index (κ3) is 5.99.